The van der Waals surface area contributed by atoms with Crippen LogP contribution in [0.2, 0.25) is 0 Å². The zero-order valence-electron chi connectivity index (χ0n) is 12.1. The van der Waals surface area contributed by atoms with E-state index >= 15 is 0 Å². The minimum absolute atomic E-state index is 0.215. The van der Waals surface area contributed by atoms with Crippen LogP contribution in [0.1, 0.15) is 41.6 Å². The summed E-state index contributed by atoms with van der Waals surface area (Å²) in [5.74, 6) is 0.413. The molecule has 0 aromatic heterocycles. The molecule has 2 aliphatic rings. The fourth-order valence-electron chi connectivity index (χ4n) is 3.69. The molecule has 3 N–H and O–H groups in total. The number of carbonyl (C=O) groups excluding carboxylic acids is 1. The van der Waals surface area contributed by atoms with Crippen LogP contribution in [0.25, 0.3) is 0 Å². The SMILES string of the molecule is Cc1ccc(NC(=O)NC2CC3CCC2C3)cc1C(=O)O. The number of rotatable bonds is 3. The van der Waals surface area contributed by atoms with E-state index in [0.717, 1.165) is 12.3 Å². The maximum Gasteiger partial charge on any atom is 0.336 e. The molecule has 1 aromatic carbocycles. The van der Waals surface area contributed by atoms with E-state index in [-0.39, 0.29) is 17.6 Å². The number of carboxylic acids is 1. The van der Waals surface area contributed by atoms with Crippen LogP contribution in [0.15, 0.2) is 18.2 Å². The third-order valence-electron chi connectivity index (χ3n) is 4.78. The first kappa shape index (κ1) is 13.9. The molecule has 5 heteroatoms. The first-order valence-electron chi connectivity index (χ1n) is 7.44. The third kappa shape index (κ3) is 2.86. The van der Waals surface area contributed by atoms with Crippen LogP contribution in [-0.2, 0) is 0 Å². The van der Waals surface area contributed by atoms with Gasteiger partial charge in [0.25, 0.3) is 0 Å². The number of benzene rings is 1. The maximum atomic E-state index is 12.0. The van der Waals surface area contributed by atoms with Gasteiger partial charge in [-0.15, -0.1) is 0 Å². The summed E-state index contributed by atoms with van der Waals surface area (Å²) in [7, 11) is 0. The second kappa shape index (κ2) is 5.39. The van der Waals surface area contributed by atoms with Gasteiger partial charge in [-0.1, -0.05) is 12.5 Å². The van der Waals surface area contributed by atoms with Gasteiger partial charge in [-0.05, 0) is 55.7 Å². The monoisotopic (exact) mass is 288 g/mol. The summed E-state index contributed by atoms with van der Waals surface area (Å²) < 4.78 is 0. The molecule has 0 saturated heterocycles. The summed E-state index contributed by atoms with van der Waals surface area (Å²) >= 11 is 0. The second-order valence-corrected chi connectivity index (χ2v) is 6.21. The van der Waals surface area contributed by atoms with E-state index in [4.69, 9.17) is 5.11 Å². The van der Waals surface area contributed by atoms with Crippen LogP contribution in [0.5, 0.6) is 0 Å². The highest BCUT2D eigenvalue weighted by molar-refractivity contribution is 5.94. The zero-order valence-corrected chi connectivity index (χ0v) is 12.1. The lowest BCUT2D eigenvalue weighted by molar-refractivity contribution is 0.0696. The highest BCUT2D eigenvalue weighted by Gasteiger charge is 2.40. The molecule has 2 fully saturated rings. The van der Waals surface area contributed by atoms with E-state index in [1.807, 2.05) is 0 Å². The number of hydrogen-bond donors (Lipinski definition) is 3. The quantitative estimate of drug-likeness (QED) is 0.800. The Bertz CT molecular complexity index is 585. The normalized spacial score (nSPS) is 26.6. The summed E-state index contributed by atoms with van der Waals surface area (Å²) in [5.41, 5.74) is 1.41. The molecule has 0 heterocycles. The van der Waals surface area contributed by atoms with Gasteiger partial charge in [0.2, 0.25) is 0 Å². The first-order chi connectivity index (χ1) is 10.0. The van der Waals surface area contributed by atoms with Gasteiger partial charge in [0.05, 0.1) is 5.56 Å². The zero-order chi connectivity index (χ0) is 15.0. The lowest BCUT2D eigenvalue weighted by atomic mass is 9.95. The van der Waals surface area contributed by atoms with Crippen molar-refractivity contribution in [3.8, 4) is 0 Å². The second-order valence-electron chi connectivity index (χ2n) is 6.21. The van der Waals surface area contributed by atoms with Gasteiger partial charge in [0, 0.05) is 11.7 Å². The molecule has 0 spiro atoms. The fourth-order valence-corrected chi connectivity index (χ4v) is 3.69. The van der Waals surface area contributed by atoms with Crippen molar-refractivity contribution < 1.29 is 14.7 Å². The van der Waals surface area contributed by atoms with E-state index < -0.39 is 5.97 Å². The summed E-state index contributed by atoms with van der Waals surface area (Å²) in [6.45, 7) is 1.74. The predicted molar refractivity (Wildman–Crippen MR) is 79.5 cm³/mol. The van der Waals surface area contributed by atoms with Crippen molar-refractivity contribution in [1.29, 1.82) is 0 Å². The molecular weight excluding hydrogens is 268 g/mol. The summed E-state index contributed by atoms with van der Waals surface area (Å²) in [4.78, 5) is 23.1. The highest BCUT2D eigenvalue weighted by Crippen LogP contribution is 2.44. The van der Waals surface area contributed by atoms with Crippen LogP contribution in [0.3, 0.4) is 0 Å². The van der Waals surface area contributed by atoms with Crippen molar-refractivity contribution in [3.05, 3.63) is 29.3 Å². The van der Waals surface area contributed by atoms with Gasteiger partial charge in [0.15, 0.2) is 0 Å². The Hall–Kier alpha value is -2.04. The number of carbonyl (C=O) groups is 2. The number of aryl methyl sites for hydroxylation is 1. The Morgan fingerprint density at radius 2 is 2.05 bits per heavy atom. The smallest absolute Gasteiger partial charge is 0.336 e. The minimum atomic E-state index is -0.982. The molecule has 0 radical (unpaired) electrons. The number of aromatic carboxylic acids is 1. The maximum absolute atomic E-state index is 12.0. The van der Waals surface area contributed by atoms with Crippen molar-refractivity contribution in [2.45, 2.75) is 38.6 Å². The molecule has 21 heavy (non-hydrogen) atoms. The van der Waals surface area contributed by atoms with E-state index in [0.29, 0.717) is 17.2 Å². The standard InChI is InChI=1S/C16H20N2O3/c1-9-2-5-12(8-13(9)15(19)20)17-16(21)18-14-7-10-3-4-11(14)6-10/h2,5,8,10-11,14H,3-4,6-7H2,1H3,(H,19,20)(H2,17,18,21). The summed E-state index contributed by atoms with van der Waals surface area (Å²) in [5, 5.41) is 14.9. The Kier molecular flexibility index (Phi) is 3.57. The molecule has 3 atom stereocenters. The van der Waals surface area contributed by atoms with Crippen LogP contribution >= 0.6 is 0 Å². The van der Waals surface area contributed by atoms with E-state index in [1.165, 1.54) is 25.3 Å². The first-order valence-corrected chi connectivity index (χ1v) is 7.44. The van der Waals surface area contributed by atoms with Crippen molar-refractivity contribution in [2.75, 3.05) is 5.32 Å². The average Bonchev–Trinajstić information content (AvgIpc) is 3.03. The van der Waals surface area contributed by atoms with Crippen LogP contribution in [0.4, 0.5) is 10.5 Å². The molecule has 1 aromatic rings. The van der Waals surface area contributed by atoms with Gasteiger partial charge < -0.3 is 15.7 Å². The van der Waals surface area contributed by atoms with Crippen molar-refractivity contribution in [1.82, 2.24) is 5.32 Å². The Morgan fingerprint density at radius 3 is 2.67 bits per heavy atom. The number of anilines is 1. The van der Waals surface area contributed by atoms with E-state index in [9.17, 15) is 9.59 Å². The van der Waals surface area contributed by atoms with Gasteiger partial charge in [-0.2, -0.15) is 0 Å². The van der Waals surface area contributed by atoms with E-state index in [1.54, 1.807) is 19.1 Å². The predicted octanol–water partition coefficient (Wildman–Crippen LogP) is 3.00. The molecular formula is C16H20N2O3. The highest BCUT2D eigenvalue weighted by atomic mass is 16.4. The van der Waals surface area contributed by atoms with Gasteiger partial charge in [-0.25, -0.2) is 9.59 Å². The van der Waals surface area contributed by atoms with Gasteiger partial charge in [-0.3, -0.25) is 0 Å². The molecule has 2 bridgehead atoms. The Balaban J connectivity index is 1.62. The minimum Gasteiger partial charge on any atom is -0.478 e. The van der Waals surface area contributed by atoms with Crippen molar-refractivity contribution in [3.63, 3.8) is 0 Å². The largest absolute Gasteiger partial charge is 0.478 e. The number of fused-ring (bicyclic) bond motifs is 2. The number of carboxylic acid groups (broad SMARTS) is 1. The van der Waals surface area contributed by atoms with Crippen molar-refractivity contribution >= 4 is 17.7 Å². The molecule has 5 nitrogen and oxygen atoms in total. The summed E-state index contributed by atoms with van der Waals surface area (Å²) in [6, 6.07) is 4.96. The number of urea groups is 1. The molecule has 3 rings (SSSR count). The van der Waals surface area contributed by atoms with Gasteiger partial charge >= 0.3 is 12.0 Å². The third-order valence-corrected chi connectivity index (χ3v) is 4.78. The van der Waals surface area contributed by atoms with E-state index in [2.05, 4.69) is 10.6 Å². The molecule has 2 saturated carbocycles. The molecule has 0 aliphatic heterocycles. The number of hydrogen-bond acceptors (Lipinski definition) is 2. The fraction of sp³-hybridized carbons (Fsp3) is 0.500. The number of amides is 2. The van der Waals surface area contributed by atoms with Crippen LogP contribution in [-0.4, -0.2) is 23.1 Å². The molecule has 3 unspecified atom stereocenters. The topological polar surface area (TPSA) is 78.4 Å². The van der Waals surface area contributed by atoms with Crippen LogP contribution in [0, 0.1) is 18.8 Å². The lowest BCUT2D eigenvalue weighted by Crippen LogP contribution is -2.41. The number of nitrogens with one attached hydrogen (secondary N) is 2. The molecule has 2 aliphatic carbocycles. The lowest BCUT2D eigenvalue weighted by Gasteiger charge is -2.23. The van der Waals surface area contributed by atoms with Crippen molar-refractivity contribution in [2.24, 2.45) is 11.8 Å². The molecule has 2 amide bonds. The average molecular weight is 288 g/mol. The Morgan fingerprint density at radius 1 is 1.24 bits per heavy atom. The van der Waals surface area contributed by atoms with Gasteiger partial charge in [0.1, 0.15) is 0 Å². The Labute approximate surface area is 123 Å². The summed E-state index contributed by atoms with van der Waals surface area (Å²) in [6.07, 6.45) is 4.82. The molecule has 112 valence electrons. The van der Waals surface area contributed by atoms with Crippen LogP contribution < -0.4 is 10.6 Å².